The average molecular weight is 496 g/mol. The van der Waals surface area contributed by atoms with Crippen LogP contribution in [0.5, 0.6) is 0 Å². The van der Waals surface area contributed by atoms with Gasteiger partial charge in [-0.1, -0.05) is 12.1 Å². The molecule has 0 fully saturated rings. The Morgan fingerprint density at radius 2 is 1.86 bits per heavy atom. The number of carbonyl (C=O) groups excluding carboxylic acids is 1. The van der Waals surface area contributed by atoms with Crippen molar-refractivity contribution in [2.45, 2.75) is 33.1 Å². The first-order chi connectivity index (χ1) is 17.1. The highest BCUT2D eigenvalue weighted by molar-refractivity contribution is 6.04. The van der Waals surface area contributed by atoms with Gasteiger partial charge in [0.15, 0.2) is 0 Å². The molecule has 0 bridgehead atoms. The molecule has 0 aliphatic rings. The number of nitrogens with two attached hydrogens (primary N) is 1. The van der Waals surface area contributed by atoms with Gasteiger partial charge >= 0.3 is 6.18 Å². The summed E-state index contributed by atoms with van der Waals surface area (Å²) >= 11 is 0. The van der Waals surface area contributed by atoms with Crippen LogP contribution < -0.4 is 16.4 Å². The molecule has 36 heavy (non-hydrogen) atoms. The van der Waals surface area contributed by atoms with Crippen molar-refractivity contribution in [2.75, 3.05) is 16.4 Å². The van der Waals surface area contributed by atoms with Gasteiger partial charge in [0.2, 0.25) is 0 Å². The maximum absolute atomic E-state index is 13.8. The Morgan fingerprint density at radius 1 is 1.06 bits per heavy atom. The minimum absolute atomic E-state index is 0.0110. The van der Waals surface area contributed by atoms with Crippen molar-refractivity contribution < 1.29 is 18.0 Å². The van der Waals surface area contributed by atoms with Gasteiger partial charge in [-0.15, -0.1) is 0 Å². The van der Waals surface area contributed by atoms with E-state index in [-0.39, 0.29) is 17.7 Å². The summed E-state index contributed by atoms with van der Waals surface area (Å²) in [4.78, 5) is 25.0. The number of alkyl halides is 3. The predicted molar refractivity (Wildman–Crippen MR) is 130 cm³/mol. The van der Waals surface area contributed by atoms with Crippen LogP contribution in [0.2, 0.25) is 0 Å². The van der Waals surface area contributed by atoms with Crippen LogP contribution >= 0.6 is 0 Å². The highest BCUT2D eigenvalue weighted by atomic mass is 19.4. The number of carbonyl (C=O) groups is 1. The van der Waals surface area contributed by atoms with E-state index in [9.17, 15) is 18.0 Å². The summed E-state index contributed by atoms with van der Waals surface area (Å²) < 4.78 is 42.9. The Balaban J connectivity index is 1.51. The first-order valence-electron chi connectivity index (χ1n) is 11.0. The van der Waals surface area contributed by atoms with Crippen LogP contribution in [0, 0.1) is 13.8 Å². The number of hydrogen-bond donors (Lipinski definition) is 3. The minimum atomic E-state index is -4.62. The number of hydrogen-bond acceptors (Lipinski definition) is 6. The van der Waals surface area contributed by atoms with Crippen LogP contribution in [-0.4, -0.2) is 25.4 Å². The number of aryl methyl sites for hydroxylation is 2. The van der Waals surface area contributed by atoms with Crippen molar-refractivity contribution in [3.63, 3.8) is 0 Å². The molecule has 2 heterocycles. The predicted octanol–water partition coefficient (Wildman–Crippen LogP) is 4.80. The molecular weight excluding hydrogens is 471 g/mol. The van der Waals surface area contributed by atoms with E-state index >= 15 is 0 Å². The molecule has 0 saturated heterocycles. The Hall–Kier alpha value is -4.41. The lowest BCUT2D eigenvalue weighted by Crippen LogP contribution is -2.16. The zero-order chi connectivity index (χ0) is 25.9. The number of nitrogen functional groups attached to an aromatic ring is 1. The lowest BCUT2D eigenvalue weighted by atomic mass is 10.0. The number of aromatic nitrogens is 4. The summed E-state index contributed by atoms with van der Waals surface area (Å²) in [6.07, 6.45) is 1.52. The van der Waals surface area contributed by atoms with Gasteiger partial charge in [-0.3, -0.25) is 9.78 Å². The Labute approximate surface area is 205 Å². The van der Waals surface area contributed by atoms with Gasteiger partial charge in [-0.2, -0.15) is 13.2 Å². The van der Waals surface area contributed by atoms with Crippen molar-refractivity contribution in [2.24, 2.45) is 0 Å². The van der Waals surface area contributed by atoms with Gasteiger partial charge in [0.25, 0.3) is 5.91 Å². The molecule has 1 amide bonds. The second kappa shape index (κ2) is 10.1. The largest absolute Gasteiger partial charge is 0.416 e. The van der Waals surface area contributed by atoms with Crippen molar-refractivity contribution in [3.8, 4) is 0 Å². The van der Waals surface area contributed by atoms with Crippen LogP contribution in [-0.2, 0) is 19.3 Å². The molecule has 0 saturated carbocycles. The first-order valence-corrected chi connectivity index (χ1v) is 11.0. The van der Waals surface area contributed by atoms with Crippen molar-refractivity contribution in [1.82, 2.24) is 19.5 Å². The van der Waals surface area contributed by atoms with E-state index in [4.69, 9.17) is 5.73 Å². The van der Waals surface area contributed by atoms with Gasteiger partial charge in [-0.25, -0.2) is 9.97 Å². The summed E-state index contributed by atoms with van der Waals surface area (Å²) in [7, 11) is 0. The van der Waals surface area contributed by atoms with Crippen molar-refractivity contribution in [1.29, 1.82) is 0 Å². The second-order valence-electron chi connectivity index (χ2n) is 8.33. The zero-order valence-corrected chi connectivity index (χ0v) is 19.6. The fourth-order valence-electron chi connectivity index (χ4n) is 3.61. The van der Waals surface area contributed by atoms with Crippen LogP contribution in [0.1, 0.15) is 38.4 Å². The van der Waals surface area contributed by atoms with Crippen molar-refractivity contribution >= 4 is 23.1 Å². The first kappa shape index (κ1) is 24.7. The lowest BCUT2D eigenvalue weighted by molar-refractivity contribution is -0.138. The van der Waals surface area contributed by atoms with Gasteiger partial charge in [0.1, 0.15) is 5.82 Å². The van der Waals surface area contributed by atoms with E-state index in [1.54, 1.807) is 42.1 Å². The lowest BCUT2D eigenvalue weighted by Gasteiger charge is -2.16. The fraction of sp³-hybridized carbons (Fsp3) is 0.200. The van der Waals surface area contributed by atoms with E-state index in [2.05, 4.69) is 25.6 Å². The monoisotopic (exact) mass is 495 g/mol. The normalized spacial score (nSPS) is 11.4. The summed E-state index contributed by atoms with van der Waals surface area (Å²) in [5, 5.41) is 5.89. The van der Waals surface area contributed by atoms with E-state index in [0.29, 0.717) is 29.4 Å². The number of benzene rings is 2. The summed E-state index contributed by atoms with van der Waals surface area (Å²) in [5.74, 6) is -0.331. The smallest absolute Gasteiger partial charge is 0.382 e. The van der Waals surface area contributed by atoms with Gasteiger partial charge in [0.05, 0.1) is 42.2 Å². The zero-order valence-electron chi connectivity index (χ0n) is 19.6. The third-order valence-electron chi connectivity index (χ3n) is 5.47. The third kappa shape index (κ3) is 5.98. The third-order valence-corrected chi connectivity index (χ3v) is 5.47. The van der Waals surface area contributed by atoms with E-state index in [1.165, 1.54) is 24.7 Å². The number of anilines is 3. The molecule has 2 aromatic heterocycles. The van der Waals surface area contributed by atoms with E-state index in [0.717, 1.165) is 17.3 Å². The molecule has 186 valence electrons. The van der Waals surface area contributed by atoms with E-state index in [1.807, 2.05) is 6.92 Å². The Bertz CT molecular complexity index is 1380. The highest BCUT2D eigenvalue weighted by Gasteiger charge is 2.34. The molecule has 4 aromatic rings. The second-order valence-corrected chi connectivity index (χ2v) is 8.33. The number of nitrogens with zero attached hydrogens (tertiary/aromatic N) is 4. The molecule has 0 aliphatic heterocycles. The molecule has 0 unspecified atom stereocenters. The maximum atomic E-state index is 13.8. The highest BCUT2D eigenvalue weighted by Crippen LogP contribution is 2.33. The molecule has 0 atom stereocenters. The van der Waals surface area contributed by atoms with Gasteiger partial charge in [0, 0.05) is 29.7 Å². The molecule has 2 aromatic carbocycles. The molecule has 0 radical (unpaired) electrons. The average Bonchev–Trinajstić information content (AvgIpc) is 3.24. The SMILES string of the molecule is Cc1cn(Cc2ccc(C(=O)Nc3ccc(C)c(NCc4cnc(N)cn4)c3)cc2C(F)(F)F)cn1. The van der Waals surface area contributed by atoms with Gasteiger partial charge in [-0.05, 0) is 49.2 Å². The summed E-state index contributed by atoms with van der Waals surface area (Å²) in [6, 6.07) is 8.77. The van der Waals surface area contributed by atoms with Crippen LogP contribution in [0.4, 0.5) is 30.4 Å². The van der Waals surface area contributed by atoms with E-state index < -0.39 is 17.6 Å². The maximum Gasteiger partial charge on any atom is 0.416 e. The Kier molecular flexibility index (Phi) is 6.91. The molecule has 11 heteroatoms. The fourth-order valence-corrected chi connectivity index (χ4v) is 3.61. The molecule has 0 aliphatic carbocycles. The molecule has 8 nitrogen and oxygen atoms in total. The van der Waals surface area contributed by atoms with Crippen LogP contribution in [0.3, 0.4) is 0 Å². The van der Waals surface area contributed by atoms with Gasteiger partial charge < -0.3 is 20.9 Å². The van der Waals surface area contributed by atoms with Crippen LogP contribution in [0.15, 0.2) is 61.3 Å². The standard InChI is InChI=1S/C25H24F3N7O/c1-15-3-6-19(8-22(15)31-9-20-10-32-23(29)11-30-20)34-24(36)17-4-5-18(21(7-17)25(26,27)28)13-35-12-16(2)33-14-35/h3-8,10-12,14,31H,9,13H2,1-2H3,(H2,29,32)(H,34,36). The minimum Gasteiger partial charge on any atom is -0.382 e. The molecule has 4 rings (SSSR count). The number of halogens is 3. The molecule has 4 N–H and O–H groups in total. The summed E-state index contributed by atoms with van der Waals surface area (Å²) in [5.41, 5.74) is 8.08. The van der Waals surface area contributed by atoms with Crippen LogP contribution in [0.25, 0.3) is 0 Å². The number of nitrogens with one attached hydrogen (secondary N) is 2. The quantitative estimate of drug-likeness (QED) is 0.340. The number of imidazole rings is 1. The molecular formula is C25H24F3N7O. The number of rotatable bonds is 7. The van der Waals surface area contributed by atoms with Crippen molar-refractivity contribution in [3.05, 3.63) is 95.0 Å². The topological polar surface area (TPSA) is 111 Å². The summed E-state index contributed by atoms with van der Waals surface area (Å²) in [6.45, 7) is 4.01. The number of amides is 1. The Morgan fingerprint density at radius 3 is 2.53 bits per heavy atom. The molecule has 0 spiro atoms.